The van der Waals surface area contributed by atoms with Gasteiger partial charge in [0, 0.05) is 17.1 Å². The lowest BCUT2D eigenvalue weighted by Gasteiger charge is -2.25. The van der Waals surface area contributed by atoms with E-state index in [0.29, 0.717) is 39.1 Å². The molecule has 0 saturated heterocycles. The molecular weight excluding hydrogens is 471 g/mol. The molecule has 1 aliphatic rings. The number of para-hydroxylation sites is 2. The Labute approximate surface area is 200 Å². The average molecular weight is 493 g/mol. The van der Waals surface area contributed by atoms with Crippen molar-refractivity contribution < 1.29 is 14.3 Å². The van der Waals surface area contributed by atoms with Gasteiger partial charge in [0.05, 0.1) is 11.3 Å². The van der Waals surface area contributed by atoms with E-state index in [2.05, 4.69) is 15.5 Å². The van der Waals surface area contributed by atoms with E-state index in [0.717, 1.165) is 5.56 Å². The van der Waals surface area contributed by atoms with Crippen LogP contribution >= 0.6 is 35.0 Å². The Morgan fingerprint density at radius 1 is 1.19 bits per heavy atom. The van der Waals surface area contributed by atoms with Crippen LogP contribution in [0.3, 0.4) is 0 Å². The van der Waals surface area contributed by atoms with Crippen molar-refractivity contribution in [3.05, 3.63) is 63.9 Å². The zero-order valence-electron chi connectivity index (χ0n) is 17.7. The van der Waals surface area contributed by atoms with Crippen LogP contribution in [0, 0.1) is 0 Å². The molecule has 1 aromatic heterocycles. The quantitative estimate of drug-likeness (QED) is 0.488. The predicted molar refractivity (Wildman–Crippen MR) is 125 cm³/mol. The molecule has 1 aliphatic heterocycles. The number of carbonyl (C=O) groups excluding carboxylic acids is 1. The molecule has 0 unspecified atom stereocenters. The second kappa shape index (κ2) is 9.60. The zero-order valence-corrected chi connectivity index (χ0v) is 20.0. The van der Waals surface area contributed by atoms with Crippen LogP contribution in [-0.2, 0) is 11.8 Å². The summed E-state index contributed by atoms with van der Waals surface area (Å²) >= 11 is 13.5. The second-order valence-corrected chi connectivity index (χ2v) is 9.57. The fourth-order valence-electron chi connectivity index (χ4n) is 3.33. The largest absolute Gasteiger partial charge is 0.485 e. The third kappa shape index (κ3) is 4.82. The molecule has 32 heavy (non-hydrogen) atoms. The van der Waals surface area contributed by atoms with Crippen molar-refractivity contribution in [2.45, 2.75) is 36.4 Å². The van der Waals surface area contributed by atoms with Gasteiger partial charge in [-0.3, -0.25) is 4.79 Å². The Balaban J connectivity index is 1.40. The number of carbonyl (C=O) groups is 1. The summed E-state index contributed by atoms with van der Waals surface area (Å²) in [6, 6.07) is 12.5. The van der Waals surface area contributed by atoms with Crippen LogP contribution in [0.4, 0.5) is 0 Å². The van der Waals surface area contributed by atoms with Crippen LogP contribution in [0.15, 0.2) is 47.6 Å². The molecule has 0 spiro atoms. The number of nitrogens with one attached hydrogen (secondary N) is 1. The maximum atomic E-state index is 12.8. The molecule has 0 fully saturated rings. The standard InChI is InChI=1S/C22H22Cl2N4O3S/c1-12(15-9-8-14(23)10-16(15)24)25-21(29)13(2)32-22-27-26-20(28(22)3)19-11-30-17-6-4-5-7-18(17)31-19/h4-10,12-13,19H,11H2,1-3H3,(H,25,29)/t12-,13+,19-/m0/s1. The molecule has 7 nitrogen and oxygen atoms in total. The summed E-state index contributed by atoms with van der Waals surface area (Å²) in [7, 11) is 1.85. The SMILES string of the molecule is C[C@H](NC(=O)[C@@H](C)Sc1nnc([C@@H]2COc3ccccc3O2)n1C)c1ccc(Cl)cc1Cl. The number of ether oxygens (including phenoxy) is 2. The van der Waals surface area contributed by atoms with Gasteiger partial charge in [-0.2, -0.15) is 0 Å². The van der Waals surface area contributed by atoms with Crippen molar-refractivity contribution in [3.63, 3.8) is 0 Å². The van der Waals surface area contributed by atoms with Crippen LogP contribution < -0.4 is 14.8 Å². The number of hydrogen-bond donors (Lipinski definition) is 1. The molecule has 0 bridgehead atoms. The van der Waals surface area contributed by atoms with Crippen LogP contribution in [0.25, 0.3) is 0 Å². The number of nitrogens with zero attached hydrogens (tertiary/aromatic N) is 3. The molecule has 2 heterocycles. The van der Waals surface area contributed by atoms with Gasteiger partial charge in [0.1, 0.15) is 6.61 Å². The number of rotatable bonds is 6. The van der Waals surface area contributed by atoms with E-state index < -0.39 is 5.25 Å². The van der Waals surface area contributed by atoms with Crippen molar-refractivity contribution in [2.75, 3.05) is 6.61 Å². The zero-order chi connectivity index (χ0) is 22.8. The fourth-order valence-corrected chi connectivity index (χ4v) is 4.73. The topological polar surface area (TPSA) is 78.3 Å². The Morgan fingerprint density at radius 2 is 1.94 bits per heavy atom. The lowest BCUT2D eigenvalue weighted by molar-refractivity contribution is -0.120. The summed E-state index contributed by atoms with van der Waals surface area (Å²) < 4.78 is 13.6. The molecule has 1 N–H and O–H groups in total. The highest BCUT2D eigenvalue weighted by Gasteiger charge is 2.28. The normalized spacial score (nSPS) is 17.0. The lowest BCUT2D eigenvalue weighted by atomic mass is 10.1. The summed E-state index contributed by atoms with van der Waals surface area (Å²) in [5.41, 5.74) is 0.803. The first kappa shape index (κ1) is 22.8. The van der Waals surface area contributed by atoms with Crippen LogP contribution in [-0.4, -0.2) is 32.5 Å². The molecule has 2 aromatic carbocycles. The van der Waals surface area contributed by atoms with E-state index in [-0.39, 0.29) is 18.1 Å². The van der Waals surface area contributed by atoms with Crippen molar-refractivity contribution in [1.29, 1.82) is 0 Å². The van der Waals surface area contributed by atoms with Crippen LogP contribution in [0.1, 0.15) is 37.4 Å². The molecule has 0 saturated carbocycles. The van der Waals surface area contributed by atoms with Crippen LogP contribution in [0.2, 0.25) is 10.0 Å². The maximum Gasteiger partial charge on any atom is 0.233 e. The summed E-state index contributed by atoms with van der Waals surface area (Å²) in [5, 5.41) is 12.8. The minimum atomic E-state index is -0.400. The van der Waals surface area contributed by atoms with Crippen molar-refractivity contribution in [2.24, 2.45) is 7.05 Å². The Hall–Kier alpha value is -2.42. The summed E-state index contributed by atoms with van der Waals surface area (Å²) in [6.07, 6.45) is -0.382. The molecular formula is C22H22Cl2N4O3S. The van der Waals surface area contributed by atoms with E-state index in [1.165, 1.54) is 11.8 Å². The molecule has 4 rings (SSSR count). The maximum absolute atomic E-state index is 12.8. The highest BCUT2D eigenvalue weighted by atomic mass is 35.5. The molecule has 0 aliphatic carbocycles. The summed E-state index contributed by atoms with van der Waals surface area (Å²) in [6.45, 7) is 4.03. The highest BCUT2D eigenvalue weighted by Crippen LogP contribution is 2.36. The molecule has 1 amide bonds. The third-order valence-corrected chi connectivity index (χ3v) is 6.80. The highest BCUT2D eigenvalue weighted by molar-refractivity contribution is 8.00. The molecule has 3 atom stereocenters. The van der Waals surface area contributed by atoms with Crippen LogP contribution in [0.5, 0.6) is 11.5 Å². The summed E-state index contributed by atoms with van der Waals surface area (Å²) in [4.78, 5) is 12.8. The van der Waals surface area contributed by atoms with Gasteiger partial charge >= 0.3 is 0 Å². The predicted octanol–water partition coefficient (Wildman–Crippen LogP) is 4.99. The van der Waals surface area contributed by atoms with Crippen molar-refractivity contribution >= 4 is 40.9 Å². The van der Waals surface area contributed by atoms with Gasteiger partial charge in [-0.1, -0.05) is 53.2 Å². The van der Waals surface area contributed by atoms with Gasteiger partial charge in [-0.15, -0.1) is 10.2 Å². The average Bonchev–Trinajstić information content (AvgIpc) is 3.13. The molecule has 10 heteroatoms. The Bertz CT molecular complexity index is 1140. The van der Waals surface area contributed by atoms with Crippen molar-refractivity contribution in [3.8, 4) is 11.5 Å². The monoisotopic (exact) mass is 492 g/mol. The van der Waals surface area contributed by atoms with Gasteiger partial charge in [-0.05, 0) is 43.7 Å². The number of thioether (sulfide) groups is 1. The number of aromatic nitrogens is 3. The molecule has 3 aromatic rings. The van der Waals surface area contributed by atoms with E-state index in [1.54, 1.807) is 12.1 Å². The lowest BCUT2D eigenvalue weighted by Crippen LogP contribution is -2.33. The van der Waals surface area contributed by atoms with Gasteiger partial charge in [0.25, 0.3) is 0 Å². The van der Waals surface area contributed by atoms with Crippen molar-refractivity contribution in [1.82, 2.24) is 20.1 Å². The van der Waals surface area contributed by atoms with E-state index in [1.807, 2.05) is 55.8 Å². The minimum Gasteiger partial charge on any atom is -0.485 e. The first-order valence-electron chi connectivity index (χ1n) is 10.0. The number of halogens is 2. The van der Waals surface area contributed by atoms with Gasteiger partial charge in [-0.25, -0.2) is 0 Å². The third-order valence-electron chi connectivity index (χ3n) is 5.10. The number of benzene rings is 2. The molecule has 168 valence electrons. The Kier molecular flexibility index (Phi) is 6.83. The van der Waals surface area contributed by atoms with E-state index in [4.69, 9.17) is 32.7 Å². The minimum absolute atomic E-state index is 0.135. The molecule has 0 radical (unpaired) electrons. The first-order valence-corrected chi connectivity index (χ1v) is 11.7. The summed E-state index contributed by atoms with van der Waals surface area (Å²) in [5.74, 6) is 1.88. The second-order valence-electron chi connectivity index (χ2n) is 7.42. The van der Waals surface area contributed by atoms with Gasteiger partial charge in [0.15, 0.2) is 28.6 Å². The fraction of sp³-hybridized carbons (Fsp3) is 0.318. The number of amides is 1. The van der Waals surface area contributed by atoms with Gasteiger partial charge < -0.3 is 19.4 Å². The smallest absolute Gasteiger partial charge is 0.233 e. The number of hydrogen-bond acceptors (Lipinski definition) is 6. The number of fused-ring (bicyclic) bond motifs is 1. The first-order chi connectivity index (χ1) is 15.3. The van der Waals surface area contributed by atoms with E-state index in [9.17, 15) is 4.79 Å². The van der Waals surface area contributed by atoms with E-state index >= 15 is 0 Å². The van der Waals surface area contributed by atoms with Gasteiger partial charge in [0.2, 0.25) is 5.91 Å². The Morgan fingerprint density at radius 3 is 2.69 bits per heavy atom.